The molecule has 0 bridgehead atoms. The van der Waals surface area contributed by atoms with E-state index in [0.717, 1.165) is 0 Å². The van der Waals surface area contributed by atoms with E-state index in [4.69, 9.17) is 10.2 Å². The Labute approximate surface area is 84.1 Å². The number of hydrogen-bond donors (Lipinski definition) is 3. The Bertz CT molecular complexity index is 339. The Balaban J connectivity index is 4.34. The molecule has 0 saturated carbocycles. The van der Waals surface area contributed by atoms with Crippen LogP contribution in [0.15, 0.2) is 0 Å². The van der Waals surface area contributed by atoms with Gasteiger partial charge in [0.05, 0.1) is 6.42 Å². The molecule has 0 aliphatic rings. The van der Waals surface area contributed by atoms with Gasteiger partial charge in [0.2, 0.25) is 5.91 Å². The Kier molecular flexibility index (Phi) is 5.25. The topological polar surface area (TPSA) is 138 Å². The van der Waals surface area contributed by atoms with E-state index < -0.39 is 44.2 Å². The highest BCUT2D eigenvalue weighted by Crippen LogP contribution is 2.01. The van der Waals surface area contributed by atoms with Crippen molar-refractivity contribution >= 4 is 25.5 Å². The number of carboxylic acid groups (broad SMARTS) is 2. The predicted molar refractivity (Wildman–Crippen MR) is 45.0 cm³/mol. The second kappa shape index (κ2) is 5.92. The summed E-state index contributed by atoms with van der Waals surface area (Å²) in [5, 5.41) is 18.5. The zero-order chi connectivity index (χ0) is 12.0. The van der Waals surface area contributed by atoms with Crippen LogP contribution in [0.3, 0.4) is 0 Å². The largest absolute Gasteiger partial charge is 0.481 e. The normalized spacial score (nSPS) is 11.5. The van der Waals surface area contributed by atoms with Crippen LogP contribution in [0.5, 0.6) is 0 Å². The molecule has 8 nitrogen and oxygen atoms in total. The minimum absolute atomic E-state index is 0.809. The Morgan fingerprint density at radius 2 is 1.73 bits per heavy atom. The van der Waals surface area contributed by atoms with Gasteiger partial charge in [-0.15, -0.1) is 0 Å². The quantitative estimate of drug-likeness (QED) is 0.514. The van der Waals surface area contributed by atoms with Crippen molar-refractivity contribution in [3.8, 4) is 0 Å². The van der Waals surface area contributed by atoms with Gasteiger partial charge in [0.1, 0.15) is 12.2 Å². The first kappa shape index (κ1) is 13.3. The molecule has 0 unspecified atom stereocenters. The fourth-order valence-corrected chi connectivity index (χ4v) is 1.06. The van der Waals surface area contributed by atoms with E-state index in [1.807, 2.05) is 0 Å². The van der Waals surface area contributed by atoms with Gasteiger partial charge in [0, 0.05) is 0 Å². The van der Waals surface area contributed by atoms with Crippen LogP contribution in [0.1, 0.15) is 6.42 Å². The molecule has 0 aromatic heterocycles. The van der Waals surface area contributed by atoms with E-state index >= 15 is 0 Å². The summed E-state index contributed by atoms with van der Waals surface area (Å²) >= 11 is 0. The molecule has 0 aromatic carbocycles. The van der Waals surface area contributed by atoms with Crippen molar-refractivity contribution < 1.29 is 33.7 Å². The molecule has 0 fully saturated rings. The summed E-state index contributed by atoms with van der Waals surface area (Å²) in [7, 11) is -2.96. The maximum atomic E-state index is 10.8. The van der Waals surface area contributed by atoms with Crippen LogP contribution in [0, 0.1) is 0 Å². The molecule has 1 amide bonds. The van der Waals surface area contributed by atoms with Crippen LogP contribution >= 0.6 is 7.68 Å². The number of carboxylic acids is 2. The minimum atomic E-state index is -2.96. The highest BCUT2D eigenvalue weighted by Gasteiger charge is 2.23. The van der Waals surface area contributed by atoms with Gasteiger partial charge in [0.25, 0.3) is 0 Å². The monoisotopic (exact) mass is 237 g/mol. The van der Waals surface area contributed by atoms with Crippen LogP contribution in [-0.2, 0) is 23.5 Å². The van der Waals surface area contributed by atoms with Gasteiger partial charge < -0.3 is 15.5 Å². The second-order valence-corrected chi connectivity index (χ2v) is 3.53. The highest BCUT2D eigenvalue weighted by atomic mass is 31.1. The first-order chi connectivity index (χ1) is 6.82. The number of nitrogens with one attached hydrogen (secondary N) is 1. The average Bonchev–Trinajstić information content (AvgIpc) is 1.99. The smallest absolute Gasteiger partial charge is 0.326 e. The van der Waals surface area contributed by atoms with Crippen molar-refractivity contribution in [1.82, 2.24) is 5.32 Å². The summed E-state index contributed by atoms with van der Waals surface area (Å²) in [5.74, 6) is -3.99. The molecule has 9 heteroatoms. The molecule has 0 rings (SSSR count). The number of hydrogen-bond acceptors (Lipinski definition) is 5. The number of carbonyl (C=O) groups is 3. The summed E-state index contributed by atoms with van der Waals surface area (Å²) < 4.78 is 20.2. The molecule has 0 spiro atoms. The predicted octanol–water partition coefficient (Wildman–Crippen LogP) is -0.797. The fourth-order valence-electron chi connectivity index (χ4n) is 0.732. The number of aliphatic carboxylic acids is 2. The van der Waals surface area contributed by atoms with Crippen molar-refractivity contribution in [2.75, 3.05) is 6.16 Å². The third-order valence-corrected chi connectivity index (χ3v) is 1.83. The molecule has 3 N–H and O–H groups in total. The lowest BCUT2D eigenvalue weighted by Crippen LogP contribution is -2.42. The molecular formula is C6H8NO7P. The van der Waals surface area contributed by atoms with E-state index in [9.17, 15) is 23.5 Å². The first-order valence-electron chi connectivity index (χ1n) is 3.68. The third kappa shape index (κ3) is 6.39. The van der Waals surface area contributed by atoms with E-state index in [1.165, 1.54) is 0 Å². The van der Waals surface area contributed by atoms with Crippen molar-refractivity contribution in [1.29, 1.82) is 0 Å². The number of carbonyl (C=O) groups excluding carboxylic acids is 1. The molecule has 1 atom stereocenters. The molecule has 0 radical (unpaired) electrons. The van der Waals surface area contributed by atoms with Gasteiger partial charge in [-0.2, -0.15) is 0 Å². The van der Waals surface area contributed by atoms with Crippen molar-refractivity contribution in [3.05, 3.63) is 0 Å². The maximum Gasteiger partial charge on any atom is 0.326 e. The highest BCUT2D eigenvalue weighted by molar-refractivity contribution is 7.32. The van der Waals surface area contributed by atoms with Crippen LogP contribution in [0.2, 0.25) is 0 Å². The van der Waals surface area contributed by atoms with Crippen LogP contribution < -0.4 is 5.32 Å². The molecule has 0 saturated heterocycles. The van der Waals surface area contributed by atoms with Crippen LogP contribution in [0.25, 0.3) is 0 Å². The summed E-state index contributed by atoms with van der Waals surface area (Å²) in [5.41, 5.74) is 0. The molecule has 0 aromatic rings. The first-order valence-corrected chi connectivity index (χ1v) is 5.05. The second-order valence-electron chi connectivity index (χ2n) is 2.55. The van der Waals surface area contributed by atoms with E-state index in [2.05, 4.69) is 0 Å². The summed E-state index contributed by atoms with van der Waals surface area (Å²) in [6.07, 6.45) is -1.67. The molecule has 0 aliphatic heterocycles. The standard InChI is InChI=1S/C6H8NO7P/c8-4(2-15(13)14)7-3(6(11)12)1-5(9)10/h3H,1-2H2,(H,7,8)(H,9,10)(H,11,12)/t3-/m0/s1. The van der Waals surface area contributed by atoms with E-state index in [-0.39, 0.29) is 0 Å². The van der Waals surface area contributed by atoms with Gasteiger partial charge in [-0.05, 0) is 0 Å². The lowest BCUT2D eigenvalue weighted by molar-refractivity contribution is -0.147. The minimum Gasteiger partial charge on any atom is -0.481 e. The fraction of sp³-hybridized carbons (Fsp3) is 0.500. The molecule has 84 valence electrons. The molecule has 0 aliphatic carbocycles. The lowest BCUT2D eigenvalue weighted by atomic mass is 10.2. The van der Waals surface area contributed by atoms with E-state index in [1.54, 1.807) is 5.32 Å². The summed E-state index contributed by atoms with van der Waals surface area (Å²) in [4.78, 5) is 31.4. The molecule has 0 heterocycles. The number of amides is 1. The van der Waals surface area contributed by atoms with Gasteiger partial charge in [0.15, 0.2) is 0 Å². The Hall–Kier alpha value is -1.69. The van der Waals surface area contributed by atoms with Gasteiger partial charge in [-0.25, -0.2) is 13.9 Å². The van der Waals surface area contributed by atoms with Crippen LogP contribution in [-0.4, -0.2) is 40.3 Å². The summed E-state index contributed by atoms with van der Waals surface area (Å²) in [6.45, 7) is 0. The zero-order valence-corrected chi connectivity index (χ0v) is 8.27. The molecular weight excluding hydrogens is 229 g/mol. The maximum absolute atomic E-state index is 10.8. The summed E-state index contributed by atoms with van der Waals surface area (Å²) in [6, 6.07) is -1.62. The van der Waals surface area contributed by atoms with Crippen molar-refractivity contribution in [2.24, 2.45) is 0 Å². The Morgan fingerprint density at radius 1 is 1.20 bits per heavy atom. The van der Waals surface area contributed by atoms with Gasteiger partial charge in [-0.3, -0.25) is 9.59 Å². The van der Waals surface area contributed by atoms with Gasteiger partial charge in [-0.1, -0.05) is 0 Å². The molecule has 15 heavy (non-hydrogen) atoms. The van der Waals surface area contributed by atoms with Gasteiger partial charge >= 0.3 is 19.6 Å². The zero-order valence-electron chi connectivity index (χ0n) is 7.37. The lowest BCUT2D eigenvalue weighted by Gasteiger charge is -2.10. The van der Waals surface area contributed by atoms with E-state index in [0.29, 0.717) is 0 Å². The third-order valence-electron chi connectivity index (χ3n) is 1.28. The SMILES string of the molecule is O=C(O)C[C@H](NC(=O)CP(=O)=O)C(=O)O. The average molecular weight is 237 g/mol. The van der Waals surface area contributed by atoms with Crippen molar-refractivity contribution in [2.45, 2.75) is 12.5 Å². The van der Waals surface area contributed by atoms with Crippen LogP contribution in [0.4, 0.5) is 0 Å². The Morgan fingerprint density at radius 3 is 2.07 bits per heavy atom. The number of rotatable bonds is 6. The van der Waals surface area contributed by atoms with Crippen molar-refractivity contribution in [3.63, 3.8) is 0 Å².